The Morgan fingerprint density at radius 1 is 1.76 bits per heavy atom. The van der Waals surface area contributed by atoms with E-state index in [0.717, 1.165) is 17.0 Å². The fourth-order valence-corrected chi connectivity index (χ4v) is 2.25. The second-order valence-corrected chi connectivity index (χ2v) is 5.15. The standard InChI is InChI=1S/C13H18N6OS/c1-10(11-4-3-6-16-8-11)21-13(18-15)19(2)12(20)5-7-17-9-14/h3-4,8,16-17H,1,5-7,15H2,2H3/b18-13-. The molecule has 0 bridgehead atoms. The Balaban J connectivity index is 2.60. The third-order valence-corrected chi connectivity index (χ3v) is 3.69. The Hall–Kier alpha value is -2.40. The summed E-state index contributed by atoms with van der Waals surface area (Å²) in [6.07, 6.45) is 7.71. The summed E-state index contributed by atoms with van der Waals surface area (Å²) in [6, 6.07) is 0. The van der Waals surface area contributed by atoms with Crippen LogP contribution < -0.4 is 16.5 Å². The van der Waals surface area contributed by atoms with E-state index in [4.69, 9.17) is 11.1 Å². The first-order chi connectivity index (χ1) is 10.1. The molecular formula is C13H18N6OS. The van der Waals surface area contributed by atoms with Crippen molar-refractivity contribution in [3.63, 3.8) is 0 Å². The summed E-state index contributed by atoms with van der Waals surface area (Å²) in [5.41, 5.74) is 0.916. The van der Waals surface area contributed by atoms with Crippen molar-refractivity contribution in [1.82, 2.24) is 15.5 Å². The number of amidine groups is 1. The topological polar surface area (TPSA) is 107 Å². The molecule has 0 fully saturated rings. The highest BCUT2D eigenvalue weighted by Gasteiger charge is 2.17. The summed E-state index contributed by atoms with van der Waals surface area (Å²) in [6.45, 7) is 5.02. The number of rotatable bonds is 5. The fraction of sp³-hybridized carbons (Fsp3) is 0.308. The zero-order valence-electron chi connectivity index (χ0n) is 11.8. The molecular weight excluding hydrogens is 288 g/mol. The van der Waals surface area contributed by atoms with Crippen LogP contribution in [-0.4, -0.2) is 36.1 Å². The molecule has 1 heterocycles. The van der Waals surface area contributed by atoms with Crippen LogP contribution in [0.2, 0.25) is 0 Å². The van der Waals surface area contributed by atoms with Gasteiger partial charge in [0.1, 0.15) is 0 Å². The van der Waals surface area contributed by atoms with Gasteiger partial charge in [-0.3, -0.25) is 9.69 Å². The van der Waals surface area contributed by atoms with Crippen LogP contribution in [0.4, 0.5) is 0 Å². The zero-order valence-corrected chi connectivity index (χ0v) is 12.6. The van der Waals surface area contributed by atoms with Gasteiger partial charge in [0.05, 0.1) is 0 Å². The maximum absolute atomic E-state index is 11.9. The second-order valence-electron chi connectivity index (χ2n) is 4.09. The maximum atomic E-state index is 11.9. The smallest absolute Gasteiger partial charge is 0.230 e. The van der Waals surface area contributed by atoms with Gasteiger partial charge >= 0.3 is 0 Å². The number of hydrogen-bond acceptors (Lipinski definition) is 7. The van der Waals surface area contributed by atoms with E-state index in [1.165, 1.54) is 16.7 Å². The number of thioether (sulfide) groups is 1. The molecule has 0 radical (unpaired) electrons. The summed E-state index contributed by atoms with van der Waals surface area (Å²) in [7, 11) is 1.59. The van der Waals surface area contributed by atoms with Gasteiger partial charge in [-0.2, -0.15) is 10.4 Å². The summed E-state index contributed by atoms with van der Waals surface area (Å²) in [5.74, 6) is 5.17. The highest BCUT2D eigenvalue weighted by molar-refractivity contribution is 8.17. The molecule has 0 unspecified atom stereocenters. The Labute approximate surface area is 128 Å². The lowest BCUT2D eigenvalue weighted by Gasteiger charge is -2.19. The number of nitrogens with one attached hydrogen (secondary N) is 2. The van der Waals surface area contributed by atoms with Crippen LogP contribution in [0, 0.1) is 11.5 Å². The number of carbonyl (C=O) groups is 1. The number of carbonyl (C=O) groups excluding carboxylic acids is 1. The second kappa shape index (κ2) is 8.71. The minimum absolute atomic E-state index is 0.181. The van der Waals surface area contributed by atoms with Crippen LogP contribution in [-0.2, 0) is 4.79 Å². The van der Waals surface area contributed by atoms with Gasteiger partial charge in [-0.15, -0.1) is 0 Å². The number of nitrogens with two attached hydrogens (primary N) is 1. The lowest BCUT2D eigenvalue weighted by Crippen LogP contribution is -2.33. The Morgan fingerprint density at radius 3 is 3.10 bits per heavy atom. The molecule has 4 N–H and O–H groups in total. The number of hydrogen-bond donors (Lipinski definition) is 3. The van der Waals surface area contributed by atoms with Crippen molar-refractivity contribution in [1.29, 1.82) is 5.26 Å². The summed E-state index contributed by atoms with van der Waals surface area (Å²) in [5, 5.41) is 17.9. The predicted molar refractivity (Wildman–Crippen MR) is 84.6 cm³/mol. The number of amides is 1. The van der Waals surface area contributed by atoms with E-state index >= 15 is 0 Å². The number of allylic oxidation sites excluding steroid dienone is 2. The van der Waals surface area contributed by atoms with Gasteiger partial charge in [0.2, 0.25) is 5.91 Å². The van der Waals surface area contributed by atoms with Crippen molar-refractivity contribution in [2.45, 2.75) is 6.42 Å². The minimum Gasteiger partial charge on any atom is -0.387 e. The van der Waals surface area contributed by atoms with Crippen LogP contribution in [0.15, 0.2) is 40.5 Å². The molecule has 8 heteroatoms. The molecule has 1 aliphatic heterocycles. The highest BCUT2D eigenvalue weighted by atomic mass is 32.2. The van der Waals surface area contributed by atoms with Gasteiger partial charge in [-0.25, -0.2) is 0 Å². The van der Waals surface area contributed by atoms with Crippen LogP contribution in [0.3, 0.4) is 0 Å². The largest absolute Gasteiger partial charge is 0.387 e. The molecule has 7 nitrogen and oxygen atoms in total. The lowest BCUT2D eigenvalue weighted by molar-refractivity contribution is -0.126. The van der Waals surface area contributed by atoms with E-state index in [2.05, 4.69) is 22.3 Å². The molecule has 112 valence electrons. The van der Waals surface area contributed by atoms with Crippen molar-refractivity contribution in [3.05, 3.63) is 35.4 Å². The van der Waals surface area contributed by atoms with Gasteiger partial charge in [0.25, 0.3) is 0 Å². The van der Waals surface area contributed by atoms with Crippen molar-refractivity contribution in [2.75, 3.05) is 20.1 Å². The number of nitrogens with zero attached hydrogens (tertiary/aromatic N) is 3. The molecule has 0 aromatic heterocycles. The van der Waals surface area contributed by atoms with E-state index in [9.17, 15) is 4.79 Å². The van der Waals surface area contributed by atoms with E-state index in [0.29, 0.717) is 5.17 Å². The Bertz CT molecular complexity index is 531. The third kappa shape index (κ3) is 5.24. The van der Waals surface area contributed by atoms with Crippen molar-refractivity contribution in [2.24, 2.45) is 10.9 Å². The molecule has 0 atom stereocenters. The molecule has 0 spiro atoms. The average molecular weight is 306 g/mol. The summed E-state index contributed by atoms with van der Waals surface area (Å²) < 4.78 is 0. The van der Waals surface area contributed by atoms with E-state index in [-0.39, 0.29) is 18.9 Å². The van der Waals surface area contributed by atoms with Gasteiger partial charge in [0, 0.05) is 43.2 Å². The van der Waals surface area contributed by atoms with Gasteiger partial charge in [-0.1, -0.05) is 18.7 Å². The number of nitriles is 1. The van der Waals surface area contributed by atoms with Gasteiger partial charge in [-0.05, 0) is 11.8 Å². The molecule has 1 aliphatic rings. The van der Waals surface area contributed by atoms with Gasteiger partial charge < -0.3 is 16.5 Å². The molecule has 1 amide bonds. The predicted octanol–water partition coefficient (Wildman–Crippen LogP) is 0.425. The maximum Gasteiger partial charge on any atom is 0.230 e. The molecule has 0 aromatic rings. The first-order valence-corrected chi connectivity index (χ1v) is 7.05. The molecule has 21 heavy (non-hydrogen) atoms. The van der Waals surface area contributed by atoms with Crippen LogP contribution >= 0.6 is 11.8 Å². The monoisotopic (exact) mass is 306 g/mol. The highest BCUT2D eigenvalue weighted by Crippen LogP contribution is 2.26. The molecule has 0 aromatic carbocycles. The lowest BCUT2D eigenvalue weighted by atomic mass is 10.2. The van der Waals surface area contributed by atoms with Crippen LogP contribution in [0.25, 0.3) is 0 Å². The Kier molecular flexibility index (Phi) is 6.91. The third-order valence-electron chi connectivity index (χ3n) is 2.64. The molecule has 0 aliphatic carbocycles. The quantitative estimate of drug-likeness (QED) is 0.129. The molecule has 0 saturated heterocycles. The summed E-state index contributed by atoms with van der Waals surface area (Å²) >= 11 is 1.22. The first kappa shape index (κ1) is 16.7. The van der Waals surface area contributed by atoms with E-state index in [1.807, 2.05) is 18.4 Å². The van der Waals surface area contributed by atoms with Crippen molar-refractivity contribution < 1.29 is 4.79 Å². The van der Waals surface area contributed by atoms with Crippen molar-refractivity contribution >= 4 is 22.8 Å². The van der Waals surface area contributed by atoms with Crippen LogP contribution in [0.1, 0.15) is 6.42 Å². The molecule has 1 rings (SSSR count). The minimum atomic E-state index is -0.187. The van der Waals surface area contributed by atoms with Crippen LogP contribution in [0.5, 0.6) is 0 Å². The SMILES string of the molecule is C=C(S/C(=N\N)N(C)C(=O)CCNC#N)C1=CNCC=C1. The average Bonchev–Trinajstić information content (AvgIpc) is 2.52. The normalized spacial score (nSPS) is 13.7. The number of hydrazone groups is 1. The van der Waals surface area contributed by atoms with Crippen molar-refractivity contribution in [3.8, 4) is 6.19 Å². The van der Waals surface area contributed by atoms with E-state index < -0.39 is 0 Å². The fourth-order valence-electron chi connectivity index (χ4n) is 1.49. The molecule has 0 saturated carbocycles. The van der Waals surface area contributed by atoms with Gasteiger partial charge in [0.15, 0.2) is 11.4 Å². The Morgan fingerprint density at radius 2 is 2.52 bits per heavy atom. The van der Waals surface area contributed by atoms with E-state index in [1.54, 1.807) is 13.2 Å². The zero-order chi connectivity index (χ0) is 15.7. The first-order valence-electron chi connectivity index (χ1n) is 6.23. The number of dihydropyridines is 1. The summed E-state index contributed by atoms with van der Waals surface area (Å²) in [4.78, 5) is 14.0.